The number of nitrogens with two attached hydrogens (primary N) is 1. The zero-order valence-corrected chi connectivity index (χ0v) is 19.4. The van der Waals surface area contributed by atoms with Crippen molar-refractivity contribution in [1.29, 1.82) is 0 Å². The molecule has 3 aromatic rings. The van der Waals surface area contributed by atoms with Crippen LogP contribution in [0.3, 0.4) is 0 Å². The molecule has 9 heteroatoms. The Morgan fingerprint density at radius 3 is 2.66 bits per heavy atom. The number of anilines is 3. The molecule has 4 rings (SSSR count). The molecule has 2 aromatic carbocycles. The van der Waals surface area contributed by atoms with Gasteiger partial charge in [0.25, 0.3) is 5.91 Å². The zero-order chi connectivity index (χ0) is 24.5. The molecule has 1 saturated heterocycles. The van der Waals surface area contributed by atoms with E-state index in [1.54, 1.807) is 24.3 Å². The topological polar surface area (TPSA) is 126 Å². The van der Waals surface area contributed by atoms with Gasteiger partial charge in [-0.15, -0.1) is 0 Å². The highest BCUT2D eigenvalue weighted by molar-refractivity contribution is 6.05. The van der Waals surface area contributed by atoms with Crippen LogP contribution in [0.25, 0.3) is 6.08 Å². The highest BCUT2D eigenvalue weighted by Gasteiger charge is 2.23. The SMILES string of the molecule is Nc1ccccc1NC(=O)c1cnc(N2CCOC(CNC(/C=C/c3ccccc3)CO)C2)nc1. The number of para-hydroxylation sites is 2. The van der Waals surface area contributed by atoms with Crippen LogP contribution in [0, 0.1) is 0 Å². The van der Waals surface area contributed by atoms with Gasteiger partial charge in [0.2, 0.25) is 5.95 Å². The zero-order valence-electron chi connectivity index (χ0n) is 19.4. The van der Waals surface area contributed by atoms with E-state index in [4.69, 9.17) is 10.5 Å². The Kier molecular flexibility index (Phi) is 8.39. The summed E-state index contributed by atoms with van der Waals surface area (Å²) in [4.78, 5) is 23.3. The third kappa shape index (κ3) is 6.86. The molecule has 0 radical (unpaired) electrons. The van der Waals surface area contributed by atoms with Crippen molar-refractivity contribution >= 4 is 29.3 Å². The number of amides is 1. The average Bonchev–Trinajstić information content (AvgIpc) is 2.91. The normalized spacial score (nSPS) is 16.8. The highest BCUT2D eigenvalue weighted by Crippen LogP contribution is 2.18. The van der Waals surface area contributed by atoms with E-state index >= 15 is 0 Å². The number of aromatic nitrogens is 2. The molecule has 182 valence electrons. The summed E-state index contributed by atoms with van der Waals surface area (Å²) in [5, 5.41) is 15.8. The second kappa shape index (κ2) is 12.1. The Labute approximate surface area is 204 Å². The Balaban J connectivity index is 1.30. The Morgan fingerprint density at radius 1 is 1.17 bits per heavy atom. The van der Waals surface area contributed by atoms with Gasteiger partial charge in [0, 0.05) is 38.1 Å². The lowest BCUT2D eigenvalue weighted by Crippen LogP contribution is -2.49. The molecule has 0 saturated carbocycles. The van der Waals surface area contributed by atoms with E-state index in [0.717, 1.165) is 5.56 Å². The lowest BCUT2D eigenvalue weighted by molar-refractivity contribution is 0.0383. The molecule has 5 N–H and O–H groups in total. The summed E-state index contributed by atoms with van der Waals surface area (Å²) >= 11 is 0. The van der Waals surface area contributed by atoms with Crippen LogP contribution in [0.4, 0.5) is 17.3 Å². The van der Waals surface area contributed by atoms with Crippen LogP contribution >= 0.6 is 0 Å². The summed E-state index contributed by atoms with van der Waals surface area (Å²) in [5.41, 5.74) is 8.35. The lowest BCUT2D eigenvalue weighted by atomic mass is 10.1. The number of carbonyl (C=O) groups is 1. The minimum atomic E-state index is -0.322. The minimum absolute atomic E-state index is 0.0129. The fourth-order valence-electron chi connectivity index (χ4n) is 3.70. The second-order valence-electron chi connectivity index (χ2n) is 8.22. The van der Waals surface area contributed by atoms with Gasteiger partial charge in [0.1, 0.15) is 0 Å². The molecular formula is C26H30N6O3. The first kappa shape index (κ1) is 24.3. The van der Waals surface area contributed by atoms with Gasteiger partial charge in [-0.05, 0) is 17.7 Å². The highest BCUT2D eigenvalue weighted by atomic mass is 16.5. The molecule has 35 heavy (non-hydrogen) atoms. The molecule has 0 aliphatic carbocycles. The first-order valence-corrected chi connectivity index (χ1v) is 11.5. The number of carbonyl (C=O) groups excluding carboxylic acids is 1. The van der Waals surface area contributed by atoms with Crippen molar-refractivity contribution in [2.45, 2.75) is 12.1 Å². The number of nitrogens with one attached hydrogen (secondary N) is 2. The molecule has 1 aliphatic heterocycles. The predicted octanol–water partition coefficient (Wildman–Crippen LogP) is 2.18. The molecule has 2 atom stereocenters. The van der Waals surface area contributed by atoms with E-state index in [-0.39, 0.29) is 24.7 Å². The summed E-state index contributed by atoms with van der Waals surface area (Å²) in [7, 11) is 0. The van der Waals surface area contributed by atoms with Crippen LogP contribution in [0.2, 0.25) is 0 Å². The van der Waals surface area contributed by atoms with Gasteiger partial charge in [-0.3, -0.25) is 4.79 Å². The number of benzene rings is 2. The standard InChI is InChI=1S/C26H30N6O3/c27-23-8-4-5-9-24(23)31-25(34)20-14-29-26(30-15-20)32-12-13-35-22(17-32)16-28-21(18-33)11-10-19-6-2-1-3-7-19/h1-11,14-15,21-22,28,33H,12-13,16-18,27H2,(H,31,34)/b11-10+. The molecule has 2 heterocycles. The number of aliphatic hydroxyl groups is 1. The number of ether oxygens (including phenoxy) is 1. The van der Waals surface area contributed by atoms with Gasteiger partial charge >= 0.3 is 0 Å². The van der Waals surface area contributed by atoms with Crippen molar-refractivity contribution in [3.63, 3.8) is 0 Å². The fraction of sp³-hybridized carbons (Fsp3) is 0.269. The number of aliphatic hydroxyl groups excluding tert-OH is 1. The van der Waals surface area contributed by atoms with Crippen molar-refractivity contribution in [3.8, 4) is 0 Å². The van der Waals surface area contributed by atoms with Crippen LogP contribution in [-0.2, 0) is 4.74 Å². The van der Waals surface area contributed by atoms with Gasteiger partial charge in [-0.2, -0.15) is 0 Å². The summed E-state index contributed by atoms with van der Waals surface area (Å²) in [6, 6.07) is 16.8. The Morgan fingerprint density at radius 2 is 1.91 bits per heavy atom. The largest absolute Gasteiger partial charge is 0.397 e. The number of morpholine rings is 1. The summed E-state index contributed by atoms with van der Waals surface area (Å²) in [6.45, 7) is 2.34. The third-order valence-electron chi connectivity index (χ3n) is 5.66. The van der Waals surface area contributed by atoms with Crippen LogP contribution in [0.15, 0.2) is 73.1 Å². The maximum atomic E-state index is 12.5. The quantitative estimate of drug-likeness (QED) is 0.348. The van der Waals surface area contributed by atoms with Gasteiger partial charge < -0.3 is 31.1 Å². The van der Waals surface area contributed by atoms with E-state index < -0.39 is 0 Å². The number of nitrogens with zero attached hydrogens (tertiary/aromatic N) is 3. The Bertz CT molecular complexity index is 1120. The predicted molar refractivity (Wildman–Crippen MR) is 137 cm³/mol. The average molecular weight is 475 g/mol. The molecule has 1 aromatic heterocycles. The van der Waals surface area contributed by atoms with Crippen LogP contribution in [0.1, 0.15) is 15.9 Å². The second-order valence-corrected chi connectivity index (χ2v) is 8.22. The van der Waals surface area contributed by atoms with E-state index in [2.05, 4.69) is 20.6 Å². The first-order valence-electron chi connectivity index (χ1n) is 11.5. The lowest BCUT2D eigenvalue weighted by Gasteiger charge is -2.33. The number of hydrogen-bond donors (Lipinski definition) is 4. The first-order chi connectivity index (χ1) is 17.1. The minimum Gasteiger partial charge on any atom is -0.397 e. The van der Waals surface area contributed by atoms with Crippen molar-refractivity contribution in [2.24, 2.45) is 0 Å². The van der Waals surface area contributed by atoms with Crippen molar-refractivity contribution in [2.75, 3.05) is 48.8 Å². The van der Waals surface area contributed by atoms with E-state index in [0.29, 0.717) is 49.1 Å². The molecule has 1 amide bonds. The van der Waals surface area contributed by atoms with Crippen molar-refractivity contribution in [1.82, 2.24) is 15.3 Å². The van der Waals surface area contributed by atoms with Crippen LogP contribution in [0.5, 0.6) is 0 Å². The third-order valence-corrected chi connectivity index (χ3v) is 5.66. The fourth-order valence-corrected chi connectivity index (χ4v) is 3.70. The smallest absolute Gasteiger partial charge is 0.258 e. The van der Waals surface area contributed by atoms with E-state index in [1.807, 2.05) is 47.4 Å². The van der Waals surface area contributed by atoms with Gasteiger partial charge in [0.15, 0.2) is 0 Å². The molecule has 1 fully saturated rings. The molecule has 9 nitrogen and oxygen atoms in total. The van der Waals surface area contributed by atoms with E-state index in [9.17, 15) is 9.90 Å². The Hall–Kier alpha value is -3.79. The van der Waals surface area contributed by atoms with Gasteiger partial charge in [-0.1, -0.05) is 54.6 Å². The number of hydrogen-bond acceptors (Lipinski definition) is 8. The van der Waals surface area contributed by atoms with Gasteiger partial charge in [-0.25, -0.2) is 9.97 Å². The summed E-state index contributed by atoms with van der Waals surface area (Å²) < 4.78 is 5.89. The van der Waals surface area contributed by atoms with Crippen LogP contribution in [-0.4, -0.2) is 66.0 Å². The molecule has 2 unspecified atom stereocenters. The maximum absolute atomic E-state index is 12.5. The monoisotopic (exact) mass is 474 g/mol. The maximum Gasteiger partial charge on any atom is 0.258 e. The van der Waals surface area contributed by atoms with E-state index in [1.165, 1.54) is 12.4 Å². The molecular weight excluding hydrogens is 444 g/mol. The number of nitrogen functional groups attached to an aromatic ring is 1. The molecule has 0 spiro atoms. The van der Waals surface area contributed by atoms with Crippen molar-refractivity contribution in [3.05, 3.63) is 84.2 Å². The van der Waals surface area contributed by atoms with Crippen molar-refractivity contribution < 1.29 is 14.6 Å². The van der Waals surface area contributed by atoms with Crippen LogP contribution < -0.4 is 21.3 Å². The summed E-state index contributed by atoms with van der Waals surface area (Å²) in [6.07, 6.45) is 6.87. The summed E-state index contributed by atoms with van der Waals surface area (Å²) in [5.74, 6) is 0.217. The number of rotatable bonds is 9. The molecule has 1 aliphatic rings. The van der Waals surface area contributed by atoms with Gasteiger partial charge in [0.05, 0.1) is 36.3 Å². The molecule has 0 bridgehead atoms.